The van der Waals surface area contributed by atoms with Crippen molar-refractivity contribution in [2.24, 2.45) is 0 Å². The zero-order valence-corrected chi connectivity index (χ0v) is 9.31. The van der Waals surface area contributed by atoms with Gasteiger partial charge in [0.1, 0.15) is 5.82 Å². The number of hydrogen-bond donors (Lipinski definition) is 1. The Balaban J connectivity index is 2.73. The van der Waals surface area contributed by atoms with E-state index in [1.807, 2.05) is 6.92 Å². The highest BCUT2D eigenvalue weighted by Gasteiger charge is 2.04. The zero-order valence-electron chi connectivity index (χ0n) is 7.72. The van der Waals surface area contributed by atoms with Crippen molar-refractivity contribution in [3.63, 3.8) is 0 Å². The second-order valence-corrected chi connectivity index (χ2v) is 3.89. The van der Waals surface area contributed by atoms with E-state index >= 15 is 0 Å². The maximum atomic E-state index is 12.7. The van der Waals surface area contributed by atoms with Crippen molar-refractivity contribution in [2.75, 3.05) is 5.32 Å². The first-order chi connectivity index (χ1) is 6.63. The molecule has 0 saturated carbocycles. The average Bonchev–Trinajstić information content (AvgIpc) is 2.10. The lowest BCUT2D eigenvalue weighted by Gasteiger charge is -2.13. The minimum Gasteiger partial charge on any atom is -0.381 e. The summed E-state index contributed by atoms with van der Waals surface area (Å²) in [7, 11) is 0. The molecule has 0 aromatic heterocycles. The van der Waals surface area contributed by atoms with Crippen LogP contribution in [-0.4, -0.2) is 6.04 Å². The number of nitrogens with one attached hydrogen (secondary N) is 1. The number of nitrogens with zero attached hydrogens (tertiary/aromatic N) is 1. The first-order valence-corrected chi connectivity index (χ1v) is 5.01. The fourth-order valence-corrected chi connectivity index (χ4v) is 1.53. The molecule has 0 spiro atoms. The van der Waals surface area contributed by atoms with Crippen molar-refractivity contribution in [3.8, 4) is 6.07 Å². The van der Waals surface area contributed by atoms with Gasteiger partial charge in [-0.25, -0.2) is 4.39 Å². The monoisotopic (exact) mass is 256 g/mol. The number of benzene rings is 1. The summed E-state index contributed by atoms with van der Waals surface area (Å²) < 4.78 is 13.4. The Morgan fingerprint density at radius 2 is 2.36 bits per heavy atom. The Labute approximate surface area is 90.9 Å². The Kier molecular flexibility index (Phi) is 3.90. The molecule has 0 fully saturated rings. The first kappa shape index (κ1) is 11.0. The SMILES string of the molecule is CC(CC#N)Nc1ccc(F)cc1Br. The van der Waals surface area contributed by atoms with E-state index in [9.17, 15) is 4.39 Å². The molecule has 14 heavy (non-hydrogen) atoms. The highest BCUT2D eigenvalue weighted by molar-refractivity contribution is 9.10. The minimum absolute atomic E-state index is 0.0572. The minimum atomic E-state index is -0.282. The van der Waals surface area contributed by atoms with Crippen LogP contribution in [0.2, 0.25) is 0 Å². The van der Waals surface area contributed by atoms with Crippen LogP contribution in [-0.2, 0) is 0 Å². The first-order valence-electron chi connectivity index (χ1n) is 4.22. The van der Waals surface area contributed by atoms with Gasteiger partial charge in [0.15, 0.2) is 0 Å². The van der Waals surface area contributed by atoms with E-state index in [-0.39, 0.29) is 11.9 Å². The van der Waals surface area contributed by atoms with E-state index < -0.39 is 0 Å². The van der Waals surface area contributed by atoms with Crippen molar-refractivity contribution in [2.45, 2.75) is 19.4 Å². The van der Waals surface area contributed by atoms with Gasteiger partial charge in [-0.3, -0.25) is 0 Å². The van der Waals surface area contributed by atoms with Crippen LogP contribution in [0.3, 0.4) is 0 Å². The van der Waals surface area contributed by atoms with E-state index in [0.717, 1.165) is 5.69 Å². The largest absolute Gasteiger partial charge is 0.381 e. The van der Waals surface area contributed by atoms with Crippen LogP contribution in [0.15, 0.2) is 22.7 Å². The van der Waals surface area contributed by atoms with Crippen LogP contribution < -0.4 is 5.32 Å². The van der Waals surface area contributed by atoms with Gasteiger partial charge in [-0.1, -0.05) is 0 Å². The fraction of sp³-hybridized carbons (Fsp3) is 0.300. The van der Waals surface area contributed by atoms with Crippen molar-refractivity contribution in [1.82, 2.24) is 0 Å². The van der Waals surface area contributed by atoms with E-state index in [1.54, 1.807) is 6.07 Å². The maximum Gasteiger partial charge on any atom is 0.124 e. The predicted octanol–water partition coefficient (Wildman–Crippen LogP) is 3.30. The summed E-state index contributed by atoms with van der Waals surface area (Å²) in [6.07, 6.45) is 0.420. The molecular formula is C10H10BrFN2. The van der Waals surface area contributed by atoms with Gasteiger partial charge in [0, 0.05) is 16.2 Å². The van der Waals surface area contributed by atoms with E-state index in [4.69, 9.17) is 5.26 Å². The van der Waals surface area contributed by atoms with Crippen LogP contribution in [0.4, 0.5) is 10.1 Å². The Morgan fingerprint density at radius 3 is 2.93 bits per heavy atom. The van der Waals surface area contributed by atoms with Crippen LogP contribution in [0.1, 0.15) is 13.3 Å². The lowest BCUT2D eigenvalue weighted by molar-refractivity contribution is 0.627. The molecule has 4 heteroatoms. The molecule has 0 saturated heterocycles. The summed E-state index contributed by atoms with van der Waals surface area (Å²) >= 11 is 3.24. The van der Waals surface area contributed by atoms with Crippen molar-refractivity contribution in [3.05, 3.63) is 28.5 Å². The highest BCUT2D eigenvalue weighted by Crippen LogP contribution is 2.23. The number of hydrogen-bond acceptors (Lipinski definition) is 2. The predicted molar refractivity (Wildman–Crippen MR) is 57.4 cm³/mol. The van der Waals surface area contributed by atoms with Gasteiger partial charge in [-0.2, -0.15) is 5.26 Å². The molecule has 0 aliphatic carbocycles. The number of rotatable bonds is 3. The number of nitriles is 1. The molecular weight excluding hydrogens is 247 g/mol. The third-order valence-electron chi connectivity index (χ3n) is 1.73. The molecule has 0 bridgehead atoms. The average molecular weight is 257 g/mol. The topological polar surface area (TPSA) is 35.8 Å². The molecule has 0 heterocycles. The second-order valence-electron chi connectivity index (χ2n) is 3.03. The maximum absolute atomic E-state index is 12.7. The summed E-state index contributed by atoms with van der Waals surface area (Å²) in [5.74, 6) is -0.282. The fourth-order valence-electron chi connectivity index (χ4n) is 1.06. The van der Waals surface area contributed by atoms with Crippen molar-refractivity contribution < 1.29 is 4.39 Å². The van der Waals surface area contributed by atoms with E-state index in [1.165, 1.54) is 12.1 Å². The molecule has 74 valence electrons. The standard InChI is InChI=1S/C10H10BrFN2/c1-7(4-5-13)14-10-3-2-8(12)6-9(10)11/h2-3,6-7,14H,4H2,1H3. The highest BCUT2D eigenvalue weighted by atomic mass is 79.9. The van der Waals surface area contributed by atoms with Crippen molar-refractivity contribution in [1.29, 1.82) is 5.26 Å². The van der Waals surface area contributed by atoms with Crippen LogP contribution in [0.5, 0.6) is 0 Å². The second kappa shape index (κ2) is 4.97. The van der Waals surface area contributed by atoms with Gasteiger partial charge in [-0.15, -0.1) is 0 Å². The smallest absolute Gasteiger partial charge is 0.124 e. The molecule has 1 rings (SSSR count). The summed E-state index contributed by atoms with van der Waals surface area (Å²) in [4.78, 5) is 0. The molecule has 0 amide bonds. The molecule has 1 aromatic rings. The lowest BCUT2D eigenvalue weighted by atomic mass is 10.2. The van der Waals surface area contributed by atoms with Gasteiger partial charge in [-0.05, 0) is 41.1 Å². The molecule has 1 unspecified atom stereocenters. The Hall–Kier alpha value is -1.08. The third-order valence-corrected chi connectivity index (χ3v) is 2.39. The van der Waals surface area contributed by atoms with Gasteiger partial charge in [0.25, 0.3) is 0 Å². The molecule has 2 nitrogen and oxygen atoms in total. The van der Waals surface area contributed by atoms with Crippen molar-refractivity contribution >= 4 is 21.6 Å². The summed E-state index contributed by atoms with van der Waals surface area (Å²) in [5, 5.41) is 11.6. The van der Waals surface area contributed by atoms with Gasteiger partial charge in [0.2, 0.25) is 0 Å². The Morgan fingerprint density at radius 1 is 1.64 bits per heavy atom. The van der Waals surface area contributed by atoms with E-state index in [0.29, 0.717) is 10.9 Å². The number of halogens is 2. The molecule has 0 aliphatic rings. The third kappa shape index (κ3) is 3.00. The molecule has 1 aromatic carbocycles. The summed E-state index contributed by atoms with van der Waals surface area (Å²) in [6, 6.07) is 6.54. The van der Waals surface area contributed by atoms with Gasteiger partial charge < -0.3 is 5.32 Å². The molecule has 0 radical (unpaired) electrons. The molecule has 1 N–H and O–H groups in total. The quantitative estimate of drug-likeness (QED) is 0.901. The van der Waals surface area contributed by atoms with Gasteiger partial charge in [0.05, 0.1) is 12.5 Å². The molecule has 0 aliphatic heterocycles. The normalized spacial score (nSPS) is 11.9. The summed E-state index contributed by atoms with van der Waals surface area (Å²) in [6.45, 7) is 1.90. The van der Waals surface area contributed by atoms with Gasteiger partial charge >= 0.3 is 0 Å². The van der Waals surface area contributed by atoms with Crippen LogP contribution >= 0.6 is 15.9 Å². The molecule has 1 atom stereocenters. The lowest BCUT2D eigenvalue weighted by Crippen LogP contribution is -2.14. The number of anilines is 1. The zero-order chi connectivity index (χ0) is 10.6. The summed E-state index contributed by atoms with van der Waals surface area (Å²) in [5.41, 5.74) is 0.800. The van der Waals surface area contributed by atoms with Crippen LogP contribution in [0, 0.1) is 17.1 Å². The Bertz CT molecular complexity index is 360. The van der Waals surface area contributed by atoms with E-state index in [2.05, 4.69) is 27.3 Å². The van der Waals surface area contributed by atoms with Crippen LogP contribution in [0.25, 0.3) is 0 Å².